The van der Waals surface area contributed by atoms with Gasteiger partial charge < -0.3 is 5.32 Å². The molecule has 1 aromatic carbocycles. The predicted octanol–water partition coefficient (Wildman–Crippen LogP) is 2.23. The number of nitrogens with one attached hydrogen (secondary N) is 1. The highest BCUT2D eigenvalue weighted by molar-refractivity contribution is 5.96. The van der Waals surface area contributed by atoms with Crippen LogP contribution < -0.4 is 5.32 Å². The Kier molecular flexibility index (Phi) is 4.05. The molecular formula is C14H13N3O3. The number of carbonyl (C=O) groups is 1. The minimum atomic E-state index is -0.495. The van der Waals surface area contributed by atoms with Crippen LogP contribution in [0, 0.1) is 17.0 Å². The van der Waals surface area contributed by atoms with Crippen molar-refractivity contribution in [2.45, 2.75) is 13.5 Å². The van der Waals surface area contributed by atoms with E-state index in [-0.39, 0.29) is 18.1 Å². The molecule has 0 saturated carbocycles. The maximum Gasteiger partial charge on any atom is 0.273 e. The number of nitrogens with zero attached hydrogens (tertiary/aromatic N) is 2. The molecule has 6 heteroatoms. The largest absolute Gasteiger partial charge is 0.346 e. The lowest BCUT2D eigenvalue weighted by Gasteiger charge is -2.07. The molecule has 20 heavy (non-hydrogen) atoms. The molecule has 1 aromatic heterocycles. The Morgan fingerprint density at radius 2 is 2.10 bits per heavy atom. The molecule has 0 aliphatic rings. The summed E-state index contributed by atoms with van der Waals surface area (Å²) >= 11 is 0. The standard InChI is InChI=1S/C14H13N3O3/c1-10-12(6-4-7-13(10)17(19)20)14(18)16-9-11-5-2-3-8-15-11/h2-8H,9H2,1H3,(H,16,18). The Morgan fingerprint density at radius 3 is 2.75 bits per heavy atom. The van der Waals surface area contributed by atoms with Crippen molar-refractivity contribution in [2.75, 3.05) is 0 Å². The van der Waals surface area contributed by atoms with Gasteiger partial charge in [0.15, 0.2) is 0 Å². The molecule has 0 unspecified atom stereocenters. The van der Waals surface area contributed by atoms with E-state index < -0.39 is 4.92 Å². The molecule has 0 bridgehead atoms. The highest BCUT2D eigenvalue weighted by Gasteiger charge is 2.17. The van der Waals surface area contributed by atoms with Gasteiger partial charge in [0.2, 0.25) is 0 Å². The van der Waals surface area contributed by atoms with Crippen LogP contribution in [0.3, 0.4) is 0 Å². The summed E-state index contributed by atoms with van der Waals surface area (Å²) in [5.74, 6) is -0.350. The van der Waals surface area contributed by atoms with Gasteiger partial charge >= 0.3 is 0 Å². The van der Waals surface area contributed by atoms with Crippen molar-refractivity contribution in [3.05, 3.63) is 69.5 Å². The van der Waals surface area contributed by atoms with E-state index in [2.05, 4.69) is 10.3 Å². The average molecular weight is 271 g/mol. The van der Waals surface area contributed by atoms with Crippen LogP contribution in [0.5, 0.6) is 0 Å². The number of hydrogen-bond acceptors (Lipinski definition) is 4. The van der Waals surface area contributed by atoms with Crippen LogP contribution >= 0.6 is 0 Å². The maximum atomic E-state index is 12.1. The number of rotatable bonds is 4. The molecule has 1 N–H and O–H groups in total. The molecule has 2 rings (SSSR count). The van der Waals surface area contributed by atoms with Gasteiger partial charge in [0.05, 0.1) is 17.2 Å². The number of pyridine rings is 1. The monoisotopic (exact) mass is 271 g/mol. The van der Waals surface area contributed by atoms with Crippen molar-refractivity contribution in [3.63, 3.8) is 0 Å². The molecule has 1 heterocycles. The van der Waals surface area contributed by atoms with Crippen molar-refractivity contribution in [3.8, 4) is 0 Å². The van der Waals surface area contributed by atoms with E-state index in [1.807, 2.05) is 6.07 Å². The Bertz CT molecular complexity index is 641. The number of amides is 1. The van der Waals surface area contributed by atoms with Gasteiger partial charge in [-0.05, 0) is 25.1 Å². The summed E-state index contributed by atoms with van der Waals surface area (Å²) in [7, 11) is 0. The lowest BCUT2D eigenvalue weighted by Crippen LogP contribution is -2.24. The summed E-state index contributed by atoms with van der Waals surface area (Å²) in [6.45, 7) is 1.84. The second kappa shape index (κ2) is 5.92. The zero-order chi connectivity index (χ0) is 14.5. The lowest BCUT2D eigenvalue weighted by atomic mass is 10.1. The number of carbonyl (C=O) groups excluding carboxylic acids is 1. The summed E-state index contributed by atoms with van der Waals surface area (Å²) in [6.07, 6.45) is 1.64. The van der Waals surface area contributed by atoms with E-state index in [0.717, 1.165) is 5.69 Å². The minimum absolute atomic E-state index is 0.0597. The topological polar surface area (TPSA) is 85.1 Å². The van der Waals surface area contributed by atoms with Crippen LogP contribution in [0.4, 0.5) is 5.69 Å². The van der Waals surface area contributed by atoms with Gasteiger partial charge in [-0.25, -0.2) is 0 Å². The van der Waals surface area contributed by atoms with Crippen LogP contribution in [0.25, 0.3) is 0 Å². The molecule has 1 amide bonds. The fraction of sp³-hybridized carbons (Fsp3) is 0.143. The third-order valence-corrected chi connectivity index (χ3v) is 2.90. The Balaban J connectivity index is 2.14. The molecule has 0 aliphatic heterocycles. The van der Waals surface area contributed by atoms with E-state index >= 15 is 0 Å². The third kappa shape index (κ3) is 2.97. The molecular weight excluding hydrogens is 258 g/mol. The highest BCUT2D eigenvalue weighted by Crippen LogP contribution is 2.20. The first-order chi connectivity index (χ1) is 9.59. The van der Waals surface area contributed by atoms with Crippen LogP contribution in [-0.2, 0) is 6.54 Å². The number of benzene rings is 1. The fourth-order valence-corrected chi connectivity index (χ4v) is 1.84. The molecule has 0 spiro atoms. The Morgan fingerprint density at radius 1 is 1.30 bits per heavy atom. The van der Waals surface area contributed by atoms with Gasteiger partial charge in [0.25, 0.3) is 11.6 Å². The van der Waals surface area contributed by atoms with Crippen molar-refractivity contribution in [1.29, 1.82) is 0 Å². The van der Waals surface area contributed by atoms with Gasteiger partial charge in [0, 0.05) is 23.4 Å². The predicted molar refractivity (Wildman–Crippen MR) is 73.2 cm³/mol. The summed E-state index contributed by atoms with van der Waals surface area (Å²) in [6, 6.07) is 9.85. The molecule has 0 atom stereocenters. The van der Waals surface area contributed by atoms with Gasteiger partial charge in [-0.1, -0.05) is 12.1 Å². The zero-order valence-corrected chi connectivity index (χ0v) is 10.9. The van der Waals surface area contributed by atoms with Crippen LogP contribution in [-0.4, -0.2) is 15.8 Å². The van der Waals surface area contributed by atoms with Crippen molar-refractivity contribution >= 4 is 11.6 Å². The molecule has 0 saturated heterocycles. The number of aromatic nitrogens is 1. The van der Waals surface area contributed by atoms with E-state index in [1.165, 1.54) is 12.1 Å². The summed E-state index contributed by atoms with van der Waals surface area (Å²) < 4.78 is 0. The highest BCUT2D eigenvalue weighted by atomic mass is 16.6. The van der Waals surface area contributed by atoms with E-state index in [0.29, 0.717) is 11.1 Å². The Hall–Kier alpha value is -2.76. The molecule has 0 fully saturated rings. The van der Waals surface area contributed by atoms with Crippen molar-refractivity contribution in [2.24, 2.45) is 0 Å². The smallest absolute Gasteiger partial charge is 0.273 e. The first-order valence-corrected chi connectivity index (χ1v) is 6.01. The molecule has 102 valence electrons. The second-order valence-corrected chi connectivity index (χ2v) is 4.21. The van der Waals surface area contributed by atoms with Crippen molar-refractivity contribution in [1.82, 2.24) is 10.3 Å². The summed E-state index contributed by atoms with van der Waals surface area (Å²) in [4.78, 5) is 26.5. The summed E-state index contributed by atoms with van der Waals surface area (Å²) in [5.41, 5.74) is 1.32. The maximum absolute atomic E-state index is 12.1. The second-order valence-electron chi connectivity index (χ2n) is 4.21. The first kappa shape index (κ1) is 13.7. The number of nitro groups is 1. The quantitative estimate of drug-likeness (QED) is 0.682. The Labute approximate surface area is 115 Å². The van der Waals surface area contributed by atoms with Gasteiger partial charge in [-0.15, -0.1) is 0 Å². The first-order valence-electron chi connectivity index (χ1n) is 6.01. The van der Waals surface area contributed by atoms with Crippen molar-refractivity contribution < 1.29 is 9.72 Å². The molecule has 0 aliphatic carbocycles. The molecule has 0 radical (unpaired) electrons. The average Bonchev–Trinajstić information content (AvgIpc) is 2.46. The third-order valence-electron chi connectivity index (χ3n) is 2.90. The van der Waals surface area contributed by atoms with Crippen LogP contribution in [0.1, 0.15) is 21.6 Å². The van der Waals surface area contributed by atoms with Gasteiger partial charge in [0.1, 0.15) is 0 Å². The van der Waals surface area contributed by atoms with Crippen LogP contribution in [0.15, 0.2) is 42.6 Å². The van der Waals surface area contributed by atoms with E-state index in [9.17, 15) is 14.9 Å². The van der Waals surface area contributed by atoms with E-state index in [1.54, 1.807) is 31.3 Å². The number of hydrogen-bond donors (Lipinski definition) is 1. The zero-order valence-electron chi connectivity index (χ0n) is 10.9. The van der Waals surface area contributed by atoms with Crippen LogP contribution in [0.2, 0.25) is 0 Å². The molecule has 6 nitrogen and oxygen atoms in total. The normalized spacial score (nSPS) is 10.1. The van der Waals surface area contributed by atoms with Gasteiger partial charge in [-0.2, -0.15) is 0 Å². The minimum Gasteiger partial charge on any atom is -0.346 e. The molecule has 2 aromatic rings. The van der Waals surface area contributed by atoms with Gasteiger partial charge in [-0.3, -0.25) is 19.9 Å². The summed E-state index contributed by atoms with van der Waals surface area (Å²) in [5, 5.41) is 13.5. The van der Waals surface area contributed by atoms with E-state index in [4.69, 9.17) is 0 Å². The lowest BCUT2D eigenvalue weighted by molar-refractivity contribution is -0.385. The number of nitro benzene ring substituents is 1. The fourth-order valence-electron chi connectivity index (χ4n) is 1.84. The SMILES string of the molecule is Cc1c(C(=O)NCc2ccccn2)cccc1[N+](=O)[O-].